The number of rotatable bonds is 4. The van der Waals surface area contributed by atoms with Crippen molar-refractivity contribution in [1.82, 2.24) is 4.98 Å². The highest BCUT2D eigenvalue weighted by Gasteiger charge is 2.10. The van der Waals surface area contributed by atoms with Gasteiger partial charge in [0, 0.05) is 23.2 Å². The van der Waals surface area contributed by atoms with Gasteiger partial charge in [-0.25, -0.2) is 4.98 Å². The lowest BCUT2D eigenvalue weighted by Gasteiger charge is -1.97. The monoisotopic (exact) mass is 373 g/mol. The first-order chi connectivity index (χ1) is 11.9. The number of thiazole rings is 1. The van der Waals surface area contributed by atoms with Gasteiger partial charge >= 0.3 is 0 Å². The van der Waals surface area contributed by atoms with Gasteiger partial charge in [-0.2, -0.15) is 0 Å². The van der Waals surface area contributed by atoms with E-state index in [9.17, 15) is 14.9 Å². The van der Waals surface area contributed by atoms with Crippen molar-refractivity contribution in [1.29, 1.82) is 0 Å². The van der Waals surface area contributed by atoms with Crippen LogP contribution in [0.25, 0.3) is 16.3 Å². The molecular weight excluding hydrogens is 362 g/mol. The zero-order chi connectivity index (χ0) is 18.0. The Balaban J connectivity index is 1.72. The van der Waals surface area contributed by atoms with E-state index in [0.717, 1.165) is 15.8 Å². The average Bonchev–Trinajstić information content (AvgIpc) is 3.00. The molecule has 0 aliphatic carbocycles. The summed E-state index contributed by atoms with van der Waals surface area (Å²) in [6.07, 6.45) is 2.93. The van der Waals surface area contributed by atoms with Crippen LogP contribution in [0.3, 0.4) is 0 Å². The van der Waals surface area contributed by atoms with E-state index in [2.05, 4.69) is 10.3 Å². The molecule has 0 aliphatic heterocycles. The maximum absolute atomic E-state index is 12.0. The molecule has 0 saturated carbocycles. The molecule has 0 spiro atoms. The molecule has 1 N–H and O–H groups in total. The number of halogens is 1. The molecule has 0 atom stereocenters. The van der Waals surface area contributed by atoms with Gasteiger partial charge in [0.25, 0.3) is 5.69 Å². The number of carbonyl (C=O) groups is 1. The van der Waals surface area contributed by atoms with E-state index in [4.69, 9.17) is 11.6 Å². The van der Waals surface area contributed by atoms with Crippen LogP contribution in [0.1, 0.15) is 11.1 Å². The second-order valence-electron chi connectivity index (χ2n) is 5.21. The smallest absolute Gasteiger partial charge is 0.269 e. The number of benzene rings is 2. The lowest BCUT2D eigenvalue weighted by molar-refractivity contribution is -0.384. The van der Waals surface area contributed by atoms with Crippen molar-refractivity contribution in [3.63, 3.8) is 0 Å². The summed E-state index contributed by atoms with van der Waals surface area (Å²) in [5.74, 6) is -0.332. The fraction of sp³-hybridized carbons (Fsp3) is 0.0588. The Morgan fingerprint density at radius 1 is 1.28 bits per heavy atom. The molecule has 0 fully saturated rings. The van der Waals surface area contributed by atoms with Crippen LogP contribution in [-0.4, -0.2) is 15.8 Å². The number of aromatic nitrogens is 1. The molecule has 2 aromatic carbocycles. The molecule has 0 unspecified atom stereocenters. The van der Waals surface area contributed by atoms with Gasteiger partial charge in [-0.3, -0.25) is 20.2 Å². The van der Waals surface area contributed by atoms with Crippen molar-refractivity contribution in [3.8, 4) is 0 Å². The molecule has 126 valence electrons. The third-order valence-corrected chi connectivity index (χ3v) is 4.85. The summed E-state index contributed by atoms with van der Waals surface area (Å²) in [6.45, 7) is 1.88. The van der Waals surface area contributed by atoms with Gasteiger partial charge in [-0.1, -0.05) is 22.9 Å². The molecule has 6 nitrogen and oxygen atoms in total. The Morgan fingerprint density at radius 2 is 2.00 bits per heavy atom. The van der Waals surface area contributed by atoms with Crippen molar-refractivity contribution in [3.05, 3.63) is 68.7 Å². The van der Waals surface area contributed by atoms with Crippen LogP contribution in [0.5, 0.6) is 0 Å². The summed E-state index contributed by atoms with van der Waals surface area (Å²) in [5, 5.41) is 14.4. The molecule has 25 heavy (non-hydrogen) atoms. The Labute approximate surface area is 151 Å². The van der Waals surface area contributed by atoms with E-state index in [1.807, 2.05) is 13.0 Å². The SMILES string of the molecule is Cc1c(Cl)ccc2sc(NC(=O)C=Cc3ccc([N+](=O)[O-])cc3)nc12. The second kappa shape index (κ2) is 7.00. The molecule has 3 aromatic rings. The summed E-state index contributed by atoms with van der Waals surface area (Å²) in [5.41, 5.74) is 2.34. The third-order valence-electron chi connectivity index (χ3n) is 3.51. The summed E-state index contributed by atoms with van der Waals surface area (Å²) >= 11 is 7.44. The van der Waals surface area contributed by atoms with Crippen LogP contribution in [0.15, 0.2) is 42.5 Å². The lowest BCUT2D eigenvalue weighted by Crippen LogP contribution is -2.07. The number of anilines is 1. The maximum Gasteiger partial charge on any atom is 0.269 e. The molecule has 0 bridgehead atoms. The number of nitro groups is 1. The van der Waals surface area contributed by atoms with E-state index in [1.165, 1.54) is 29.5 Å². The largest absolute Gasteiger partial charge is 0.298 e. The Hall–Kier alpha value is -2.77. The highest BCUT2D eigenvalue weighted by atomic mass is 35.5. The number of hydrogen-bond donors (Lipinski definition) is 1. The number of carbonyl (C=O) groups excluding carboxylic acids is 1. The fourth-order valence-corrected chi connectivity index (χ4v) is 3.26. The quantitative estimate of drug-likeness (QED) is 0.403. The van der Waals surface area contributed by atoms with E-state index in [-0.39, 0.29) is 11.6 Å². The number of fused-ring (bicyclic) bond motifs is 1. The number of nitrogens with zero attached hydrogens (tertiary/aromatic N) is 2. The van der Waals surface area contributed by atoms with Crippen LogP contribution in [0.2, 0.25) is 5.02 Å². The first-order valence-corrected chi connectivity index (χ1v) is 8.42. The summed E-state index contributed by atoms with van der Waals surface area (Å²) < 4.78 is 0.941. The van der Waals surface area contributed by atoms with Crippen molar-refractivity contribution >= 4 is 56.0 Å². The number of nitro benzene ring substituents is 1. The number of aryl methyl sites for hydroxylation is 1. The standard InChI is InChI=1S/C17H12ClN3O3S/c1-10-13(18)7-8-14-16(10)20-17(25-14)19-15(22)9-4-11-2-5-12(6-3-11)21(23)24/h2-9H,1H3,(H,19,20,22). The third kappa shape index (κ3) is 3.84. The highest BCUT2D eigenvalue weighted by molar-refractivity contribution is 7.22. The lowest BCUT2D eigenvalue weighted by atomic mass is 10.2. The zero-order valence-corrected chi connectivity index (χ0v) is 14.6. The van der Waals surface area contributed by atoms with Crippen LogP contribution in [0.4, 0.5) is 10.8 Å². The molecule has 0 radical (unpaired) electrons. The first kappa shape index (κ1) is 17.1. The van der Waals surface area contributed by atoms with E-state index in [0.29, 0.717) is 15.7 Å². The highest BCUT2D eigenvalue weighted by Crippen LogP contribution is 2.31. The Morgan fingerprint density at radius 3 is 2.68 bits per heavy atom. The molecular formula is C17H12ClN3O3S. The topological polar surface area (TPSA) is 85.1 Å². The van der Waals surface area contributed by atoms with E-state index in [1.54, 1.807) is 24.3 Å². The first-order valence-electron chi connectivity index (χ1n) is 7.23. The Bertz CT molecular complexity index is 996. The van der Waals surface area contributed by atoms with Crippen molar-refractivity contribution in [2.45, 2.75) is 6.92 Å². The molecule has 1 aromatic heterocycles. The van der Waals surface area contributed by atoms with Gasteiger partial charge in [-0.05, 0) is 48.4 Å². The van der Waals surface area contributed by atoms with Gasteiger partial charge in [0.05, 0.1) is 15.1 Å². The van der Waals surface area contributed by atoms with Gasteiger partial charge in [0.1, 0.15) is 0 Å². The van der Waals surface area contributed by atoms with E-state index < -0.39 is 4.92 Å². The summed E-state index contributed by atoms with van der Waals surface area (Å²) in [6, 6.07) is 9.59. The normalized spacial score (nSPS) is 11.1. The number of non-ortho nitro benzene ring substituents is 1. The van der Waals surface area contributed by atoms with Gasteiger partial charge < -0.3 is 0 Å². The van der Waals surface area contributed by atoms with Crippen molar-refractivity contribution in [2.24, 2.45) is 0 Å². The van der Waals surface area contributed by atoms with Crippen LogP contribution in [0, 0.1) is 17.0 Å². The number of nitrogens with one attached hydrogen (secondary N) is 1. The summed E-state index contributed by atoms with van der Waals surface area (Å²) in [7, 11) is 0. The number of amides is 1. The molecule has 1 amide bonds. The minimum absolute atomic E-state index is 0.00473. The van der Waals surface area contributed by atoms with Gasteiger partial charge in [0.15, 0.2) is 5.13 Å². The van der Waals surface area contributed by atoms with Crippen molar-refractivity contribution in [2.75, 3.05) is 5.32 Å². The molecule has 3 rings (SSSR count). The summed E-state index contributed by atoms with van der Waals surface area (Å²) in [4.78, 5) is 26.6. The second-order valence-corrected chi connectivity index (χ2v) is 6.65. The number of hydrogen-bond acceptors (Lipinski definition) is 5. The van der Waals surface area contributed by atoms with Gasteiger partial charge in [-0.15, -0.1) is 0 Å². The van der Waals surface area contributed by atoms with Crippen LogP contribution < -0.4 is 5.32 Å². The van der Waals surface area contributed by atoms with Crippen molar-refractivity contribution < 1.29 is 9.72 Å². The molecule has 0 aliphatic rings. The van der Waals surface area contributed by atoms with Gasteiger partial charge in [0.2, 0.25) is 5.91 Å². The zero-order valence-electron chi connectivity index (χ0n) is 13.0. The predicted octanol–water partition coefficient (Wildman–Crippen LogP) is 4.82. The minimum Gasteiger partial charge on any atom is -0.298 e. The Kier molecular flexibility index (Phi) is 4.78. The molecule has 8 heteroatoms. The predicted molar refractivity (Wildman–Crippen MR) is 100 cm³/mol. The van der Waals surface area contributed by atoms with Crippen LogP contribution >= 0.6 is 22.9 Å². The average molecular weight is 374 g/mol. The minimum atomic E-state index is -0.471. The molecule has 1 heterocycles. The fourth-order valence-electron chi connectivity index (χ4n) is 2.18. The van der Waals surface area contributed by atoms with Crippen LogP contribution in [-0.2, 0) is 4.79 Å². The van der Waals surface area contributed by atoms with E-state index >= 15 is 0 Å². The molecule has 0 saturated heterocycles. The maximum atomic E-state index is 12.0.